The van der Waals surface area contributed by atoms with Crippen molar-refractivity contribution in [1.82, 2.24) is 14.4 Å². The number of fused-ring (bicyclic) bond motifs is 3. The molecule has 0 spiro atoms. The Kier molecular flexibility index (Phi) is 1.79. The zero-order valence-electron chi connectivity index (χ0n) is 8.95. The zero-order valence-corrected chi connectivity index (χ0v) is 8.95. The van der Waals surface area contributed by atoms with Crippen molar-refractivity contribution in [2.75, 3.05) is 6.61 Å². The van der Waals surface area contributed by atoms with Gasteiger partial charge in [-0.05, 0) is 19.9 Å². The second-order valence-corrected chi connectivity index (χ2v) is 3.98. The van der Waals surface area contributed by atoms with Crippen LogP contribution in [0, 0.1) is 13.8 Å². The molecule has 2 aromatic rings. The molecular weight excluding hydrogens is 190 g/mol. The van der Waals surface area contributed by atoms with Gasteiger partial charge in [0.15, 0.2) is 0 Å². The quantitative estimate of drug-likeness (QED) is 0.650. The molecule has 1 aliphatic rings. The number of aryl methyl sites for hydroxylation is 2. The Balaban J connectivity index is 2.37. The molecule has 0 radical (unpaired) electrons. The van der Waals surface area contributed by atoms with E-state index in [0.717, 1.165) is 30.2 Å². The lowest BCUT2D eigenvalue weighted by Gasteiger charge is -2.12. The molecule has 15 heavy (non-hydrogen) atoms. The molecule has 4 nitrogen and oxygen atoms in total. The van der Waals surface area contributed by atoms with Crippen molar-refractivity contribution >= 4 is 5.78 Å². The largest absolute Gasteiger partial charge is 0.375 e. The van der Waals surface area contributed by atoms with E-state index in [1.54, 1.807) is 0 Å². The monoisotopic (exact) mass is 203 g/mol. The summed E-state index contributed by atoms with van der Waals surface area (Å²) < 4.78 is 7.56. The van der Waals surface area contributed by atoms with Crippen LogP contribution in [-0.4, -0.2) is 21.0 Å². The molecule has 0 amide bonds. The predicted octanol–water partition coefficient (Wildman–Crippen LogP) is 1.42. The SMILES string of the molecule is Cc1cc(C)n2c3c(nc2n1)CCOC3. The number of rotatable bonds is 0. The number of imidazole rings is 1. The van der Waals surface area contributed by atoms with Crippen LogP contribution >= 0.6 is 0 Å². The first-order valence-corrected chi connectivity index (χ1v) is 5.18. The summed E-state index contributed by atoms with van der Waals surface area (Å²) in [6, 6.07) is 2.07. The highest BCUT2D eigenvalue weighted by Gasteiger charge is 2.18. The van der Waals surface area contributed by atoms with E-state index in [9.17, 15) is 0 Å². The van der Waals surface area contributed by atoms with Gasteiger partial charge in [0.25, 0.3) is 0 Å². The van der Waals surface area contributed by atoms with Crippen LogP contribution in [0.1, 0.15) is 22.8 Å². The third kappa shape index (κ3) is 1.25. The Labute approximate surface area is 87.9 Å². The maximum atomic E-state index is 5.46. The summed E-state index contributed by atoms with van der Waals surface area (Å²) in [5.74, 6) is 0.808. The summed E-state index contributed by atoms with van der Waals surface area (Å²) in [6.07, 6.45) is 0.900. The van der Waals surface area contributed by atoms with Gasteiger partial charge in [0.2, 0.25) is 5.78 Å². The van der Waals surface area contributed by atoms with Crippen molar-refractivity contribution in [3.8, 4) is 0 Å². The summed E-state index contributed by atoms with van der Waals surface area (Å²) in [5.41, 5.74) is 4.50. The average Bonchev–Trinajstić information content (AvgIpc) is 2.54. The smallest absolute Gasteiger partial charge is 0.234 e. The summed E-state index contributed by atoms with van der Waals surface area (Å²) in [5, 5.41) is 0. The number of aromatic nitrogens is 3. The molecule has 3 heterocycles. The van der Waals surface area contributed by atoms with Gasteiger partial charge >= 0.3 is 0 Å². The highest BCUT2D eigenvalue weighted by Crippen LogP contribution is 2.19. The van der Waals surface area contributed by atoms with Gasteiger partial charge in [-0.15, -0.1) is 0 Å². The molecule has 4 heteroatoms. The first kappa shape index (κ1) is 8.85. The van der Waals surface area contributed by atoms with Crippen LogP contribution in [0.4, 0.5) is 0 Å². The third-order valence-electron chi connectivity index (χ3n) is 2.81. The van der Waals surface area contributed by atoms with Gasteiger partial charge in [-0.25, -0.2) is 9.97 Å². The van der Waals surface area contributed by atoms with E-state index in [-0.39, 0.29) is 0 Å². The van der Waals surface area contributed by atoms with E-state index in [2.05, 4.69) is 27.4 Å². The Morgan fingerprint density at radius 3 is 3.07 bits per heavy atom. The molecule has 0 atom stereocenters. The van der Waals surface area contributed by atoms with E-state index in [1.165, 1.54) is 11.4 Å². The molecule has 0 aliphatic carbocycles. The minimum atomic E-state index is 0.655. The predicted molar refractivity (Wildman–Crippen MR) is 55.8 cm³/mol. The number of nitrogens with zero attached hydrogens (tertiary/aromatic N) is 3. The molecule has 0 unspecified atom stereocenters. The normalized spacial score (nSPS) is 15.6. The third-order valence-corrected chi connectivity index (χ3v) is 2.81. The Hall–Kier alpha value is -1.42. The van der Waals surface area contributed by atoms with Crippen molar-refractivity contribution in [2.45, 2.75) is 26.9 Å². The summed E-state index contributed by atoms with van der Waals surface area (Å²) in [4.78, 5) is 8.98. The summed E-state index contributed by atoms with van der Waals surface area (Å²) in [7, 11) is 0. The zero-order chi connectivity index (χ0) is 10.4. The maximum Gasteiger partial charge on any atom is 0.234 e. The minimum Gasteiger partial charge on any atom is -0.375 e. The van der Waals surface area contributed by atoms with Gasteiger partial charge < -0.3 is 4.74 Å². The summed E-state index contributed by atoms with van der Waals surface area (Å²) in [6.45, 7) is 5.51. The second-order valence-electron chi connectivity index (χ2n) is 3.98. The van der Waals surface area contributed by atoms with Crippen LogP contribution in [0.25, 0.3) is 5.78 Å². The van der Waals surface area contributed by atoms with Crippen molar-refractivity contribution in [2.24, 2.45) is 0 Å². The Bertz CT molecular complexity index is 530. The molecule has 0 saturated heterocycles. The van der Waals surface area contributed by atoms with Gasteiger partial charge in [0.1, 0.15) is 0 Å². The molecule has 0 N–H and O–H groups in total. The average molecular weight is 203 g/mol. The standard InChI is InChI=1S/C11H13N3O/c1-7-5-8(2)14-10-6-15-4-3-9(10)13-11(14)12-7/h5H,3-4,6H2,1-2H3. The Morgan fingerprint density at radius 2 is 2.20 bits per heavy atom. The first-order chi connectivity index (χ1) is 7.25. The summed E-state index contributed by atoms with van der Waals surface area (Å²) >= 11 is 0. The molecule has 0 fully saturated rings. The maximum absolute atomic E-state index is 5.46. The second kappa shape index (κ2) is 3.03. The van der Waals surface area contributed by atoms with Gasteiger partial charge in [-0.1, -0.05) is 0 Å². The van der Waals surface area contributed by atoms with Crippen molar-refractivity contribution in [3.05, 3.63) is 28.8 Å². The van der Waals surface area contributed by atoms with E-state index in [0.29, 0.717) is 6.61 Å². The highest BCUT2D eigenvalue weighted by atomic mass is 16.5. The van der Waals surface area contributed by atoms with Crippen LogP contribution in [-0.2, 0) is 17.8 Å². The molecule has 0 bridgehead atoms. The van der Waals surface area contributed by atoms with E-state index in [1.807, 2.05) is 6.92 Å². The fourth-order valence-electron chi connectivity index (χ4n) is 2.17. The van der Waals surface area contributed by atoms with Gasteiger partial charge in [-0.2, -0.15) is 0 Å². The van der Waals surface area contributed by atoms with Crippen molar-refractivity contribution in [3.63, 3.8) is 0 Å². The molecular formula is C11H13N3O. The van der Waals surface area contributed by atoms with Crippen LogP contribution in [0.3, 0.4) is 0 Å². The van der Waals surface area contributed by atoms with Crippen molar-refractivity contribution in [1.29, 1.82) is 0 Å². The lowest BCUT2D eigenvalue weighted by atomic mass is 10.2. The number of hydrogen-bond acceptors (Lipinski definition) is 3. The molecule has 2 aromatic heterocycles. The topological polar surface area (TPSA) is 39.4 Å². The minimum absolute atomic E-state index is 0.655. The van der Waals surface area contributed by atoms with Crippen LogP contribution in [0.2, 0.25) is 0 Å². The van der Waals surface area contributed by atoms with Crippen LogP contribution in [0.5, 0.6) is 0 Å². The van der Waals surface area contributed by atoms with E-state index < -0.39 is 0 Å². The van der Waals surface area contributed by atoms with Gasteiger partial charge in [0, 0.05) is 17.8 Å². The van der Waals surface area contributed by atoms with E-state index >= 15 is 0 Å². The molecule has 3 rings (SSSR count). The van der Waals surface area contributed by atoms with E-state index in [4.69, 9.17) is 4.74 Å². The lowest BCUT2D eigenvalue weighted by molar-refractivity contribution is 0.106. The number of ether oxygens (including phenoxy) is 1. The molecule has 0 saturated carbocycles. The van der Waals surface area contributed by atoms with Gasteiger partial charge in [-0.3, -0.25) is 4.40 Å². The van der Waals surface area contributed by atoms with Gasteiger partial charge in [0.05, 0.1) is 24.6 Å². The van der Waals surface area contributed by atoms with Crippen LogP contribution in [0.15, 0.2) is 6.07 Å². The Morgan fingerprint density at radius 1 is 1.33 bits per heavy atom. The first-order valence-electron chi connectivity index (χ1n) is 5.18. The molecule has 78 valence electrons. The van der Waals surface area contributed by atoms with Crippen molar-refractivity contribution < 1.29 is 4.74 Å². The molecule has 0 aromatic carbocycles. The number of hydrogen-bond donors (Lipinski definition) is 0. The highest BCUT2D eigenvalue weighted by molar-refractivity contribution is 5.39. The van der Waals surface area contributed by atoms with Crippen LogP contribution < -0.4 is 0 Å². The molecule has 1 aliphatic heterocycles. The fraction of sp³-hybridized carbons (Fsp3) is 0.455. The fourth-order valence-corrected chi connectivity index (χ4v) is 2.17. The lowest BCUT2D eigenvalue weighted by Crippen LogP contribution is -2.11.